The molecule has 0 aliphatic heterocycles. The van der Waals surface area contributed by atoms with Gasteiger partial charge in [0.25, 0.3) is 0 Å². The topological polar surface area (TPSA) is 149 Å². The summed E-state index contributed by atoms with van der Waals surface area (Å²) in [7, 11) is -4.60. The van der Waals surface area contributed by atoms with Crippen molar-refractivity contribution in [1.82, 2.24) is 0 Å². The Morgan fingerprint density at radius 1 is 0.510 bits per heavy atom. The number of unbranched alkanes of at least 4 members (excludes halogenated alkanes) is 26. The first-order valence-corrected chi connectivity index (χ1v) is 22.5. The summed E-state index contributed by atoms with van der Waals surface area (Å²) in [5.41, 5.74) is 0. The monoisotopic (exact) mass is 751 g/mol. The molecule has 3 atom stereocenters. The highest BCUT2D eigenvalue weighted by Gasteiger charge is 2.27. The lowest BCUT2D eigenvalue weighted by molar-refractivity contribution is -0.161. The lowest BCUT2D eigenvalue weighted by atomic mass is 10.0. The van der Waals surface area contributed by atoms with Crippen molar-refractivity contribution in [3.63, 3.8) is 0 Å². The Morgan fingerprint density at radius 3 is 1.22 bits per heavy atom. The number of carbonyl (C=O) groups is 2. The van der Waals surface area contributed by atoms with Gasteiger partial charge in [-0.3, -0.25) is 18.6 Å². The van der Waals surface area contributed by atoms with E-state index in [4.69, 9.17) is 19.1 Å². The number of hydrogen-bond acceptors (Lipinski definition) is 9. The summed E-state index contributed by atoms with van der Waals surface area (Å²) in [6, 6.07) is 0. The van der Waals surface area contributed by atoms with Gasteiger partial charge in [0.1, 0.15) is 12.7 Å². The number of esters is 2. The molecule has 0 aliphatic carbocycles. The third-order valence-corrected chi connectivity index (χ3v) is 10.2. The third-order valence-electron chi connectivity index (χ3n) is 9.26. The van der Waals surface area contributed by atoms with Gasteiger partial charge in [0, 0.05) is 12.8 Å². The molecular weight excluding hydrogens is 671 g/mol. The molecule has 0 fully saturated rings. The van der Waals surface area contributed by atoms with Gasteiger partial charge < -0.3 is 24.6 Å². The van der Waals surface area contributed by atoms with Crippen molar-refractivity contribution in [3.05, 3.63) is 0 Å². The van der Waals surface area contributed by atoms with E-state index in [1.165, 1.54) is 128 Å². The standard InChI is InChI=1S/C40H79O10P/c1-3-5-7-9-11-13-15-17-18-19-20-22-24-26-28-30-32-40(44)50-38(36-49-51(45,46)48-34-37(42)33-41)35-47-39(43)31-29-27-25-23-21-16-14-12-10-8-6-4-2/h37-38,41-42H,3-36H2,1-2H3,(H,45,46)/t37-,38+/m0/s1. The van der Waals surface area contributed by atoms with Crippen molar-refractivity contribution in [3.8, 4) is 0 Å². The first-order valence-electron chi connectivity index (χ1n) is 21.0. The molecular formula is C40H79O10P. The van der Waals surface area contributed by atoms with E-state index >= 15 is 0 Å². The summed E-state index contributed by atoms with van der Waals surface area (Å²) >= 11 is 0. The van der Waals surface area contributed by atoms with Crippen LogP contribution in [0, 0.1) is 0 Å². The third kappa shape index (κ3) is 37.1. The summed E-state index contributed by atoms with van der Waals surface area (Å²) in [4.78, 5) is 34.9. The molecule has 10 nitrogen and oxygen atoms in total. The van der Waals surface area contributed by atoms with Crippen LogP contribution in [0.15, 0.2) is 0 Å². The largest absolute Gasteiger partial charge is 0.472 e. The molecule has 51 heavy (non-hydrogen) atoms. The van der Waals surface area contributed by atoms with Crippen LogP contribution in [0.1, 0.15) is 206 Å². The van der Waals surface area contributed by atoms with E-state index < -0.39 is 51.8 Å². The fourth-order valence-corrected chi connectivity index (χ4v) is 6.78. The Morgan fingerprint density at radius 2 is 0.843 bits per heavy atom. The molecule has 0 radical (unpaired) electrons. The predicted octanol–water partition coefficient (Wildman–Crippen LogP) is 10.7. The lowest BCUT2D eigenvalue weighted by Crippen LogP contribution is -2.29. The fourth-order valence-electron chi connectivity index (χ4n) is 5.99. The number of ether oxygens (including phenoxy) is 2. The maximum atomic E-state index is 12.6. The van der Waals surface area contributed by atoms with Crippen LogP contribution in [0.2, 0.25) is 0 Å². The molecule has 0 heterocycles. The average Bonchev–Trinajstić information content (AvgIpc) is 3.12. The molecule has 0 spiro atoms. The first-order chi connectivity index (χ1) is 24.7. The Balaban J connectivity index is 4.27. The number of carbonyl (C=O) groups excluding carboxylic acids is 2. The van der Waals surface area contributed by atoms with Gasteiger partial charge >= 0.3 is 19.8 Å². The number of phosphoric acid groups is 1. The quantitative estimate of drug-likeness (QED) is 0.0314. The molecule has 0 aromatic carbocycles. The molecule has 304 valence electrons. The molecule has 0 saturated heterocycles. The summed E-state index contributed by atoms with van der Waals surface area (Å²) < 4.78 is 32.7. The normalized spacial score (nSPS) is 13.9. The van der Waals surface area contributed by atoms with E-state index in [-0.39, 0.29) is 19.4 Å². The minimum Gasteiger partial charge on any atom is -0.462 e. The zero-order valence-electron chi connectivity index (χ0n) is 32.8. The molecule has 0 amide bonds. The van der Waals surface area contributed by atoms with Crippen LogP contribution in [0.4, 0.5) is 0 Å². The maximum absolute atomic E-state index is 12.6. The number of phosphoric ester groups is 1. The summed E-state index contributed by atoms with van der Waals surface area (Å²) in [5, 5.41) is 18.3. The van der Waals surface area contributed by atoms with Gasteiger partial charge in [0.15, 0.2) is 6.10 Å². The zero-order chi connectivity index (χ0) is 37.7. The van der Waals surface area contributed by atoms with E-state index in [0.717, 1.165) is 38.5 Å². The van der Waals surface area contributed by atoms with Gasteiger partial charge in [0.2, 0.25) is 0 Å². The summed E-state index contributed by atoms with van der Waals surface area (Å²) in [6.07, 6.45) is 32.1. The molecule has 3 N–H and O–H groups in total. The average molecular weight is 751 g/mol. The lowest BCUT2D eigenvalue weighted by Gasteiger charge is -2.20. The molecule has 11 heteroatoms. The minimum atomic E-state index is -4.60. The Bertz CT molecular complexity index is 827. The Kier molecular flexibility index (Phi) is 36.5. The minimum absolute atomic E-state index is 0.192. The Hall–Kier alpha value is -1.03. The summed E-state index contributed by atoms with van der Waals surface area (Å²) in [5.74, 6) is -0.911. The second-order valence-electron chi connectivity index (χ2n) is 14.4. The van der Waals surface area contributed by atoms with Crippen LogP contribution < -0.4 is 0 Å². The number of aliphatic hydroxyl groups is 2. The smallest absolute Gasteiger partial charge is 0.462 e. The highest BCUT2D eigenvalue weighted by Crippen LogP contribution is 2.43. The van der Waals surface area contributed by atoms with Gasteiger partial charge in [-0.2, -0.15) is 0 Å². The van der Waals surface area contributed by atoms with Gasteiger partial charge in [-0.25, -0.2) is 4.57 Å². The maximum Gasteiger partial charge on any atom is 0.472 e. The highest BCUT2D eigenvalue weighted by atomic mass is 31.2. The van der Waals surface area contributed by atoms with Crippen LogP contribution in [0.3, 0.4) is 0 Å². The number of rotatable bonds is 40. The van der Waals surface area contributed by atoms with Crippen molar-refractivity contribution in [2.75, 3.05) is 26.4 Å². The van der Waals surface area contributed by atoms with E-state index in [1.807, 2.05) is 0 Å². The van der Waals surface area contributed by atoms with Gasteiger partial charge in [-0.1, -0.05) is 181 Å². The molecule has 0 rings (SSSR count). The van der Waals surface area contributed by atoms with Crippen LogP contribution >= 0.6 is 7.82 Å². The number of hydrogen-bond donors (Lipinski definition) is 3. The SMILES string of the molecule is CCCCCCCCCCCCCCCCCCC(=O)O[C@H](COC(=O)CCCCCCCCCCCCCC)COP(=O)(O)OC[C@@H](O)CO. The second-order valence-corrected chi connectivity index (χ2v) is 15.8. The van der Waals surface area contributed by atoms with Crippen LogP contribution in [0.5, 0.6) is 0 Å². The molecule has 0 aromatic heterocycles. The van der Waals surface area contributed by atoms with E-state index in [9.17, 15) is 24.2 Å². The molecule has 1 unspecified atom stereocenters. The zero-order valence-corrected chi connectivity index (χ0v) is 33.7. The van der Waals surface area contributed by atoms with Gasteiger partial charge in [-0.05, 0) is 12.8 Å². The fraction of sp³-hybridized carbons (Fsp3) is 0.950. The van der Waals surface area contributed by atoms with Crippen molar-refractivity contribution >= 4 is 19.8 Å². The van der Waals surface area contributed by atoms with Crippen LogP contribution in [0.25, 0.3) is 0 Å². The second kappa shape index (κ2) is 37.3. The highest BCUT2D eigenvalue weighted by molar-refractivity contribution is 7.47. The van der Waals surface area contributed by atoms with Crippen molar-refractivity contribution < 1.29 is 47.8 Å². The van der Waals surface area contributed by atoms with Crippen molar-refractivity contribution in [1.29, 1.82) is 0 Å². The molecule has 0 bridgehead atoms. The number of aliphatic hydroxyl groups excluding tert-OH is 2. The summed E-state index contributed by atoms with van der Waals surface area (Å²) in [6.45, 7) is 2.40. The predicted molar refractivity (Wildman–Crippen MR) is 206 cm³/mol. The van der Waals surface area contributed by atoms with Crippen molar-refractivity contribution in [2.24, 2.45) is 0 Å². The van der Waals surface area contributed by atoms with E-state index in [0.29, 0.717) is 12.8 Å². The van der Waals surface area contributed by atoms with Gasteiger partial charge in [0.05, 0.1) is 19.8 Å². The molecule has 0 saturated carbocycles. The van der Waals surface area contributed by atoms with E-state index in [1.54, 1.807) is 0 Å². The van der Waals surface area contributed by atoms with Crippen LogP contribution in [-0.4, -0.2) is 65.7 Å². The van der Waals surface area contributed by atoms with Crippen LogP contribution in [-0.2, 0) is 32.7 Å². The molecule has 0 aromatic rings. The molecule has 0 aliphatic rings. The first kappa shape index (κ1) is 50.0. The van der Waals surface area contributed by atoms with Gasteiger partial charge in [-0.15, -0.1) is 0 Å². The van der Waals surface area contributed by atoms with Crippen molar-refractivity contribution in [2.45, 2.75) is 219 Å². The van der Waals surface area contributed by atoms with E-state index in [2.05, 4.69) is 18.4 Å². The Labute approximate surface area is 312 Å².